The Bertz CT molecular complexity index is 80.5. The molecule has 0 aromatic carbocycles. The largest absolute Gasteiger partial charge is 0.394 e. The summed E-state index contributed by atoms with van der Waals surface area (Å²) in [6.07, 6.45) is 0. The molecule has 3 nitrogen and oxygen atoms in total. The van der Waals surface area contributed by atoms with Crippen molar-refractivity contribution in [3.05, 3.63) is 0 Å². The van der Waals surface area contributed by atoms with Gasteiger partial charge in [0.05, 0.1) is 0 Å². The molecule has 48 valence electrons. The predicted octanol–water partition coefficient (Wildman–Crippen LogP) is 0.913. The molecule has 0 unspecified atom stereocenters. The lowest BCUT2D eigenvalue weighted by atomic mass is 10.4. The van der Waals surface area contributed by atoms with Crippen molar-refractivity contribution in [2.24, 2.45) is 0 Å². The van der Waals surface area contributed by atoms with E-state index in [2.05, 4.69) is 10.3 Å². The highest BCUT2D eigenvalue weighted by Crippen LogP contribution is 1.76. The zero-order valence-corrected chi connectivity index (χ0v) is 5.49. The Balaban J connectivity index is 3.05. The van der Waals surface area contributed by atoms with E-state index in [0.717, 1.165) is 0 Å². The molecular formula is C5H12N2O. The Morgan fingerprint density at radius 2 is 2.12 bits per heavy atom. The molecule has 0 fully saturated rings. The lowest BCUT2D eigenvalue weighted by Crippen LogP contribution is -2.24. The van der Waals surface area contributed by atoms with Crippen molar-refractivity contribution in [2.75, 3.05) is 0 Å². The van der Waals surface area contributed by atoms with E-state index in [4.69, 9.17) is 5.41 Å². The van der Waals surface area contributed by atoms with E-state index in [1.54, 1.807) is 6.92 Å². The molecule has 0 amide bonds. The monoisotopic (exact) mass is 116 g/mol. The molecular weight excluding hydrogens is 104 g/mol. The van der Waals surface area contributed by atoms with Crippen LogP contribution in [0.25, 0.3) is 0 Å². The van der Waals surface area contributed by atoms with E-state index < -0.39 is 0 Å². The number of nitrogens with one attached hydrogen (secondary N) is 2. The summed E-state index contributed by atoms with van der Waals surface area (Å²) in [5, 5.41) is 6.80. The zero-order chi connectivity index (χ0) is 6.57. The quantitative estimate of drug-likeness (QED) is 0.320. The highest BCUT2D eigenvalue weighted by Gasteiger charge is 1.90. The van der Waals surface area contributed by atoms with Crippen LogP contribution in [0, 0.1) is 5.41 Å². The number of rotatable bonds is 2. The van der Waals surface area contributed by atoms with Crippen LogP contribution < -0.4 is 5.48 Å². The Morgan fingerprint density at radius 1 is 1.62 bits per heavy atom. The minimum atomic E-state index is 0.193. The molecule has 0 rings (SSSR count). The first-order valence-corrected chi connectivity index (χ1v) is 2.60. The topological polar surface area (TPSA) is 45.1 Å². The molecule has 0 saturated heterocycles. The minimum absolute atomic E-state index is 0.193. The van der Waals surface area contributed by atoms with Crippen molar-refractivity contribution in [2.45, 2.75) is 26.8 Å². The van der Waals surface area contributed by atoms with Crippen LogP contribution in [0.1, 0.15) is 20.8 Å². The molecule has 0 radical (unpaired) electrons. The first-order valence-electron chi connectivity index (χ1n) is 2.60. The summed E-state index contributed by atoms with van der Waals surface area (Å²) < 4.78 is 0. The molecule has 0 heterocycles. The molecule has 3 heteroatoms. The molecule has 0 bridgehead atoms. The van der Waals surface area contributed by atoms with Crippen LogP contribution in [0.15, 0.2) is 0 Å². The summed E-state index contributed by atoms with van der Waals surface area (Å²) in [5.74, 6) is 0.193. The van der Waals surface area contributed by atoms with Crippen molar-refractivity contribution in [3.63, 3.8) is 0 Å². The zero-order valence-electron chi connectivity index (χ0n) is 5.49. The van der Waals surface area contributed by atoms with Crippen molar-refractivity contribution in [3.8, 4) is 0 Å². The van der Waals surface area contributed by atoms with Crippen LogP contribution in [-0.4, -0.2) is 11.9 Å². The first-order chi connectivity index (χ1) is 3.63. The van der Waals surface area contributed by atoms with Gasteiger partial charge in [-0.3, -0.25) is 5.41 Å². The Morgan fingerprint density at radius 3 is 2.25 bits per heavy atom. The summed E-state index contributed by atoms with van der Waals surface area (Å²) in [6.45, 7) is 5.47. The molecule has 0 spiro atoms. The van der Waals surface area contributed by atoms with Crippen molar-refractivity contribution in [1.82, 2.24) is 5.48 Å². The van der Waals surface area contributed by atoms with Crippen LogP contribution >= 0.6 is 0 Å². The van der Waals surface area contributed by atoms with Gasteiger partial charge in [0.25, 0.3) is 0 Å². The Labute approximate surface area is 49.5 Å². The fourth-order valence-corrected chi connectivity index (χ4v) is 0.206. The second-order valence-electron chi connectivity index (χ2n) is 1.93. The van der Waals surface area contributed by atoms with E-state index in [1.807, 2.05) is 13.8 Å². The molecule has 0 aliphatic carbocycles. The second-order valence-corrected chi connectivity index (χ2v) is 1.93. The molecule has 0 aromatic rings. The molecule has 0 aromatic heterocycles. The Kier molecular flexibility index (Phi) is 3.19. The summed E-state index contributed by atoms with van der Waals surface area (Å²) in [4.78, 5) is 4.64. The molecule has 2 N–H and O–H groups in total. The standard InChI is InChI=1S/C5H12N2O/c1-4(2)7-8-5(3)6/h4,6-7H,1-3H3. The molecule has 0 atom stereocenters. The van der Waals surface area contributed by atoms with Crippen LogP contribution in [0.2, 0.25) is 0 Å². The fourth-order valence-electron chi connectivity index (χ4n) is 0.206. The highest BCUT2D eigenvalue weighted by atomic mass is 16.7. The number of hydroxylamine groups is 1. The predicted molar refractivity (Wildman–Crippen MR) is 32.8 cm³/mol. The summed E-state index contributed by atoms with van der Waals surface area (Å²) in [5.41, 5.74) is 2.62. The molecule has 0 aliphatic rings. The van der Waals surface area contributed by atoms with Crippen molar-refractivity contribution in [1.29, 1.82) is 5.41 Å². The molecule has 0 saturated carbocycles. The summed E-state index contributed by atoms with van der Waals surface area (Å²) in [7, 11) is 0. The lowest BCUT2D eigenvalue weighted by Gasteiger charge is -2.06. The van der Waals surface area contributed by atoms with Crippen LogP contribution in [0.3, 0.4) is 0 Å². The lowest BCUT2D eigenvalue weighted by molar-refractivity contribution is 0.151. The van der Waals surface area contributed by atoms with E-state index in [9.17, 15) is 0 Å². The van der Waals surface area contributed by atoms with Gasteiger partial charge in [-0.1, -0.05) is 0 Å². The van der Waals surface area contributed by atoms with Crippen molar-refractivity contribution < 1.29 is 4.84 Å². The van der Waals surface area contributed by atoms with E-state index in [1.165, 1.54) is 0 Å². The van der Waals surface area contributed by atoms with Gasteiger partial charge in [0.1, 0.15) is 0 Å². The van der Waals surface area contributed by atoms with Gasteiger partial charge in [0.15, 0.2) is 0 Å². The smallest absolute Gasteiger partial charge is 0.203 e. The fraction of sp³-hybridized carbons (Fsp3) is 0.800. The number of hydrogen-bond acceptors (Lipinski definition) is 3. The minimum Gasteiger partial charge on any atom is -0.394 e. The third-order valence-electron chi connectivity index (χ3n) is 0.448. The maximum absolute atomic E-state index is 6.80. The third-order valence-corrected chi connectivity index (χ3v) is 0.448. The second kappa shape index (κ2) is 3.43. The van der Waals surface area contributed by atoms with E-state index in [-0.39, 0.29) is 11.9 Å². The van der Waals surface area contributed by atoms with Gasteiger partial charge in [-0.05, 0) is 13.8 Å². The Hall–Kier alpha value is -0.570. The van der Waals surface area contributed by atoms with Gasteiger partial charge < -0.3 is 4.84 Å². The van der Waals surface area contributed by atoms with Crippen LogP contribution in [0.5, 0.6) is 0 Å². The highest BCUT2D eigenvalue weighted by molar-refractivity contribution is 5.68. The normalized spacial score (nSPS) is 9.50. The maximum atomic E-state index is 6.80. The van der Waals surface area contributed by atoms with E-state index >= 15 is 0 Å². The van der Waals surface area contributed by atoms with Crippen LogP contribution in [-0.2, 0) is 4.84 Å². The van der Waals surface area contributed by atoms with Gasteiger partial charge >= 0.3 is 0 Å². The maximum Gasteiger partial charge on any atom is 0.203 e. The molecule has 0 aliphatic heterocycles. The van der Waals surface area contributed by atoms with Gasteiger partial charge in [-0.25, -0.2) is 0 Å². The van der Waals surface area contributed by atoms with Crippen LogP contribution in [0.4, 0.5) is 0 Å². The van der Waals surface area contributed by atoms with Gasteiger partial charge in [-0.2, -0.15) is 5.48 Å². The molecule has 8 heavy (non-hydrogen) atoms. The average Bonchev–Trinajstić information content (AvgIpc) is 1.61. The average molecular weight is 116 g/mol. The first kappa shape index (κ1) is 7.43. The van der Waals surface area contributed by atoms with Gasteiger partial charge in [-0.15, -0.1) is 0 Å². The van der Waals surface area contributed by atoms with Gasteiger partial charge in [0.2, 0.25) is 5.90 Å². The number of hydrogen-bond donors (Lipinski definition) is 2. The summed E-state index contributed by atoms with van der Waals surface area (Å²) in [6, 6.07) is 0.273. The SMILES string of the molecule is CC(=N)ONC(C)C. The third kappa shape index (κ3) is 5.43. The van der Waals surface area contributed by atoms with Crippen molar-refractivity contribution >= 4 is 5.90 Å². The van der Waals surface area contributed by atoms with E-state index in [0.29, 0.717) is 0 Å². The van der Waals surface area contributed by atoms with Gasteiger partial charge in [0, 0.05) is 13.0 Å². The summed E-state index contributed by atoms with van der Waals surface area (Å²) >= 11 is 0.